The minimum absolute atomic E-state index is 0.0928. The Morgan fingerprint density at radius 3 is 2.33 bits per heavy atom. The topological polar surface area (TPSA) is 75.5 Å². The predicted molar refractivity (Wildman–Crippen MR) is 109 cm³/mol. The van der Waals surface area contributed by atoms with Crippen molar-refractivity contribution >= 4 is 57.8 Å². The fourth-order valence-corrected chi connectivity index (χ4v) is 3.62. The molecule has 9 heteroatoms. The highest BCUT2D eigenvalue weighted by atomic mass is 35.5. The van der Waals surface area contributed by atoms with E-state index in [1.54, 1.807) is 12.1 Å². The van der Waals surface area contributed by atoms with Crippen LogP contribution in [0.1, 0.15) is 29.6 Å². The number of piperidine rings is 1. The van der Waals surface area contributed by atoms with Crippen molar-refractivity contribution in [1.82, 2.24) is 0 Å². The van der Waals surface area contributed by atoms with Crippen LogP contribution in [0.2, 0.25) is 15.1 Å². The van der Waals surface area contributed by atoms with Crippen LogP contribution in [0.4, 0.5) is 17.1 Å². The maximum Gasteiger partial charge on any atom is 0.293 e. The van der Waals surface area contributed by atoms with Crippen LogP contribution in [0.3, 0.4) is 0 Å². The second-order valence-corrected chi connectivity index (χ2v) is 7.43. The molecule has 0 aliphatic carbocycles. The quantitative estimate of drug-likeness (QED) is 0.379. The second-order valence-electron chi connectivity index (χ2n) is 6.21. The first kappa shape index (κ1) is 19.7. The average molecular weight is 429 g/mol. The van der Waals surface area contributed by atoms with Crippen molar-refractivity contribution in [2.45, 2.75) is 19.3 Å². The van der Waals surface area contributed by atoms with Gasteiger partial charge in [-0.05, 0) is 43.5 Å². The van der Waals surface area contributed by atoms with Crippen LogP contribution < -0.4 is 10.2 Å². The SMILES string of the molecule is O=C(Nc1cc(Cl)c(Cl)cc1Cl)c1ccc(N2CCCCC2)c([N+](=O)[O-])c1. The molecule has 2 aromatic rings. The molecule has 6 nitrogen and oxygen atoms in total. The highest BCUT2D eigenvalue weighted by Gasteiger charge is 2.23. The Balaban J connectivity index is 1.88. The number of hydrogen-bond donors (Lipinski definition) is 1. The van der Waals surface area contributed by atoms with Crippen LogP contribution in [0.25, 0.3) is 0 Å². The number of benzene rings is 2. The molecule has 3 rings (SSSR count). The smallest absolute Gasteiger partial charge is 0.293 e. The van der Waals surface area contributed by atoms with Crippen molar-refractivity contribution in [3.63, 3.8) is 0 Å². The lowest BCUT2D eigenvalue weighted by molar-refractivity contribution is -0.384. The van der Waals surface area contributed by atoms with E-state index >= 15 is 0 Å². The van der Waals surface area contributed by atoms with E-state index in [0.717, 1.165) is 32.4 Å². The van der Waals surface area contributed by atoms with Crippen molar-refractivity contribution in [1.29, 1.82) is 0 Å². The average Bonchev–Trinajstić information content (AvgIpc) is 2.66. The summed E-state index contributed by atoms with van der Waals surface area (Å²) in [4.78, 5) is 25.6. The van der Waals surface area contributed by atoms with E-state index in [1.165, 1.54) is 18.2 Å². The molecule has 0 saturated carbocycles. The van der Waals surface area contributed by atoms with Gasteiger partial charge in [-0.3, -0.25) is 14.9 Å². The number of nitrogens with one attached hydrogen (secondary N) is 1. The molecule has 1 amide bonds. The largest absolute Gasteiger partial charge is 0.366 e. The van der Waals surface area contributed by atoms with Gasteiger partial charge in [-0.15, -0.1) is 0 Å². The third kappa shape index (κ3) is 4.46. The zero-order chi connectivity index (χ0) is 19.6. The summed E-state index contributed by atoms with van der Waals surface area (Å²) in [7, 11) is 0. The van der Waals surface area contributed by atoms with E-state index in [-0.39, 0.29) is 32.0 Å². The molecule has 0 radical (unpaired) electrons. The third-order valence-electron chi connectivity index (χ3n) is 4.39. The van der Waals surface area contributed by atoms with E-state index in [4.69, 9.17) is 34.8 Å². The number of anilines is 2. The summed E-state index contributed by atoms with van der Waals surface area (Å²) in [5.74, 6) is -0.524. The van der Waals surface area contributed by atoms with Gasteiger partial charge in [-0.1, -0.05) is 34.8 Å². The zero-order valence-electron chi connectivity index (χ0n) is 14.2. The number of halogens is 3. The number of rotatable bonds is 4. The fourth-order valence-electron chi connectivity index (χ4n) is 3.03. The molecule has 1 heterocycles. The molecule has 1 saturated heterocycles. The number of amides is 1. The van der Waals surface area contributed by atoms with Crippen molar-refractivity contribution in [2.75, 3.05) is 23.3 Å². The van der Waals surface area contributed by atoms with Gasteiger partial charge in [0.2, 0.25) is 0 Å². The van der Waals surface area contributed by atoms with Gasteiger partial charge >= 0.3 is 0 Å². The van der Waals surface area contributed by atoms with Crippen LogP contribution in [0, 0.1) is 10.1 Å². The molecule has 2 aromatic carbocycles. The number of carbonyl (C=O) groups excluding carboxylic acids is 1. The van der Waals surface area contributed by atoms with Gasteiger partial charge in [0.1, 0.15) is 5.69 Å². The van der Waals surface area contributed by atoms with Crippen molar-refractivity contribution in [3.8, 4) is 0 Å². The van der Waals surface area contributed by atoms with Gasteiger partial charge in [-0.25, -0.2) is 0 Å². The van der Waals surface area contributed by atoms with Gasteiger partial charge < -0.3 is 10.2 Å². The first-order valence-corrected chi connectivity index (χ1v) is 9.49. The van der Waals surface area contributed by atoms with Crippen LogP contribution in [-0.2, 0) is 0 Å². The Hall–Kier alpha value is -2.02. The van der Waals surface area contributed by atoms with Crippen LogP contribution in [0.5, 0.6) is 0 Å². The first-order chi connectivity index (χ1) is 12.9. The molecule has 0 aromatic heterocycles. The molecule has 1 aliphatic heterocycles. The standard InChI is InChI=1S/C18H16Cl3N3O3/c19-12-9-14(21)15(10-13(12)20)22-18(25)11-4-5-16(17(8-11)24(26)27)23-6-2-1-3-7-23/h4-5,8-10H,1-3,6-7H2,(H,22,25). The normalized spacial score (nSPS) is 14.1. The number of hydrogen-bond acceptors (Lipinski definition) is 4. The first-order valence-electron chi connectivity index (χ1n) is 8.36. The van der Waals surface area contributed by atoms with E-state index in [9.17, 15) is 14.9 Å². The van der Waals surface area contributed by atoms with Crippen LogP contribution in [-0.4, -0.2) is 23.9 Å². The van der Waals surface area contributed by atoms with Gasteiger partial charge in [-0.2, -0.15) is 0 Å². The lowest BCUT2D eigenvalue weighted by Crippen LogP contribution is -2.30. The molecular formula is C18H16Cl3N3O3. The predicted octanol–water partition coefficient (Wildman–Crippen LogP) is 5.80. The molecular weight excluding hydrogens is 413 g/mol. The lowest BCUT2D eigenvalue weighted by Gasteiger charge is -2.28. The molecule has 1 aliphatic rings. The summed E-state index contributed by atoms with van der Waals surface area (Å²) in [6.45, 7) is 1.54. The van der Waals surface area contributed by atoms with Gasteiger partial charge in [0.15, 0.2) is 0 Å². The maximum atomic E-state index is 12.5. The molecule has 142 valence electrons. The highest BCUT2D eigenvalue weighted by molar-refractivity contribution is 6.44. The van der Waals surface area contributed by atoms with E-state index in [2.05, 4.69) is 5.32 Å². The second kappa shape index (κ2) is 8.33. The molecule has 0 unspecified atom stereocenters. The Labute approximate surface area is 171 Å². The van der Waals surface area contributed by atoms with E-state index in [1.807, 2.05) is 4.90 Å². The number of nitro benzene ring substituents is 1. The third-order valence-corrected chi connectivity index (χ3v) is 5.42. The van der Waals surface area contributed by atoms with Crippen molar-refractivity contribution < 1.29 is 9.72 Å². The number of carbonyl (C=O) groups is 1. The van der Waals surface area contributed by atoms with E-state index in [0.29, 0.717) is 5.69 Å². The zero-order valence-corrected chi connectivity index (χ0v) is 16.4. The van der Waals surface area contributed by atoms with Crippen LogP contribution >= 0.6 is 34.8 Å². The van der Waals surface area contributed by atoms with Gasteiger partial charge in [0, 0.05) is 24.7 Å². The highest BCUT2D eigenvalue weighted by Crippen LogP contribution is 2.34. The Morgan fingerprint density at radius 1 is 1.00 bits per heavy atom. The minimum atomic E-state index is -0.524. The molecule has 0 bridgehead atoms. The molecule has 0 spiro atoms. The Kier molecular flexibility index (Phi) is 6.09. The molecule has 27 heavy (non-hydrogen) atoms. The fraction of sp³-hybridized carbons (Fsp3) is 0.278. The number of nitro groups is 1. The van der Waals surface area contributed by atoms with Crippen molar-refractivity contribution in [2.24, 2.45) is 0 Å². The van der Waals surface area contributed by atoms with E-state index < -0.39 is 10.8 Å². The lowest BCUT2D eigenvalue weighted by atomic mass is 10.1. The van der Waals surface area contributed by atoms with Gasteiger partial charge in [0.05, 0.1) is 25.7 Å². The summed E-state index contributed by atoms with van der Waals surface area (Å²) in [6, 6.07) is 7.32. The molecule has 1 N–H and O–H groups in total. The minimum Gasteiger partial charge on any atom is -0.366 e. The Morgan fingerprint density at radius 2 is 1.67 bits per heavy atom. The maximum absolute atomic E-state index is 12.5. The van der Waals surface area contributed by atoms with Crippen molar-refractivity contribution in [3.05, 3.63) is 61.1 Å². The summed E-state index contributed by atoms with van der Waals surface area (Å²) in [5, 5.41) is 14.9. The van der Waals surface area contributed by atoms with Crippen LogP contribution in [0.15, 0.2) is 30.3 Å². The molecule has 0 atom stereocenters. The monoisotopic (exact) mass is 427 g/mol. The van der Waals surface area contributed by atoms with Gasteiger partial charge in [0.25, 0.3) is 11.6 Å². The summed E-state index contributed by atoms with van der Waals surface area (Å²) < 4.78 is 0. The number of nitrogens with zero attached hydrogens (tertiary/aromatic N) is 2. The summed E-state index contributed by atoms with van der Waals surface area (Å²) in [5.41, 5.74) is 0.872. The Bertz CT molecular complexity index is 899. The summed E-state index contributed by atoms with van der Waals surface area (Å²) >= 11 is 17.9. The molecule has 1 fully saturated rings. The summed E-state index contributed by atoms with van der Waals surface area (Å²) in [6.07, 6.45) is 3.11.